The molecule has 2 amide bonds. The number of carbonyl (C=O) groups is 3. The summed E-state index contributed by atoms with van der Waals surface area (Å²) in [6.45, 7) is 2.95. The van der Waals surface area contributed by atoms with E-state index in [-0.39, 0.29) is 23.5 Å². The van der Waals surface area contributed by atoms with Crippen LogP contribution < -0.4 is 10.3 Å². The lowest BCUT2D eigenvalue weighted by Crippen LogP contribution is -2.38. The van der Waals surface area contributed by atoms with Gasteiger partial charge in [0.05, 0.1) is 0 Å². The highest BCUT2D eigenvalue weighted by atomic mass is 19.2. The number of nitrogens with one attached hydrogen (secondary N) is 1. The number of benzene rings is 1. The van der Waals surface area contributed by atoms with Gasteiger partial charge < -0.3 is 10.1 Å². The number of nitrogens with zero attached hydrogens (tertiary/aromatic N) is 2. The quantitative estimate of drug-likeness (QED) is 0.448. The van der Waals surface area contributed by atoms with Gasteiger partial charge in [-0.3, -0.25) is 9.59 Å². The highest BCUT2D eigenvalue weighted by molar-refractivity contribution is 6.38. The summed E-state index contributed by atoms with van der Waals surface area (Å²) in [6.07, 6.45) is 0.0109. The Bertz CT molecular complexity index is 818. The van der Waals surface area contributed by atoms with Crippen molar-refractivity contribution < 1.29 is 36.7 Å². The molecule has 7 nitrogen and oxygen atoms in total. The molecule has 0 spiro atoms. The summed E-state index contributed by atoms with van der Waals surface area (Å²) in [7, 11) is 0. The fourth-order valence-electron chi connectivity index (χ4n) is 2.25. The predicted octanol–water partition coefficient (Wildman–Crippen LogP) is 2.18. The molecule has 0 unspecified atom stereocenters. The third kappa shape index (κ3) is 4.65. The van der Waals surface area contributed by atoms with Crippen LogP contribution in [0.2, 0.25) is 0 Å². The van der Waals surface area contributed by atoms with Gasteiger partial charge in [0, 0.05) is 24.9 Å². The van der Waals surface area contributed by atoms with Gasteiger partial charge in [-0.25, -0.2) is 22.4 Å². The minimum Gasteiger partial charge on any atom is -0.451 e. The van der Waals surface area contributed by atoms with Gasteiger partial charge in [-0.15, -0.1) is 0 Å². The highest BCUT2D eigenvalue weighted by Crippen LogP contribution is 2.30. The molecule has 152 valence electrons. The number of rotatable bonds is 6. The van der Waals surface area contributed by atoms with E-state index in [2.05, 4.69) is 10.4 Å². The van der Waals surface area contributed by atoms with E-state index >= 15 is 0 Å². The molecule has 0 radical (unpaired) electrons. The van der Waals surface area contributed by atoms with Crippen molar-refractivity contribution in [3.05, 3.63) is 29.3 Å². The number of hydrazone groups is 1. The second kappa shape index (κ2) is 8.81. The predicted molar refractivity (Wildman–Crippen MR) is 89.3 cm³/mol. The van der Waals surface area contributed by atoms with Crippen molar-refractivity contribution in [2.24, 2.45) is 5.10 Å². The second-order valence-electron chi connectivity index (χ2n) is 6.02. The normalized spacial score (nSPS) is 15.1. The average molecular weight is 403 g/mol. The van der Waals surface area contributed by atoms with Crippen LogP contribution in [0.1, 0.15) is 33.1 Å². The second-order valence-corrected chi connectivity index (χ2v) is 6.02. The van der Waals surface area contributed by atoms with Crippen LogP contribution in [0.3, 0.4) is 0 Å². The number of halogens is 4. The van der Waals surface area contributed by atoms with E-state index in [0.29, 0.717) is 6.42 Å². The molecular formula is C17H17F4N3O4. The van der Waals surface area contributed by atoms with Crippen molar-refractivity contribution in [2.75, 3.05) is 11.6 Å². The number of ether oxygens (including phenoxy) is 1. The molecule has 0 aromatic heterocycles. The number of hydrogen-bond acceptors (Lipinski definition) is 5. The van der Waals surface area contributed by atoms with Crippen molar-refractivity contribution in [1.29, 1.82) is 0 Å². The van der Waals surface area contributed by atoms with Crippen LogP contribution in [0.5, 0.6) is 0 Å². The van der Waals surface area contributed by atoms with Crippen molar-refractivity contribution in [2.45, 2.75) is 39.2 Å². The van der Waals surface area contributed by atoms with Gasteiger partial charge in [0.1, 0.15) is 11.4 Å². The standard InChI is InChI=1S/C17H17F4N3O4/c1-3-8(2)22-12(25)7-28-17(27)11-4-5-13(26)24(23-11)16-14(20)9(18)6-10(19)15(16)21/h6,8H,3-5,7H2,1-2H3,(H,22,25)/t8-/m0/s1. The molecule has 1 aromatic carbocycles. The van der Waals surface area contributed by atoms with Crippen molar-refractivity contribution in [3.63, 3.8) is 0 Å². The molecule has 1 atom stereocenters. The van der Waals surface area contributed by atoms with Gasteiger partial charge in [0.25, 0.3) is 5.91 Å². The maximum Gasteiger partial charge on any atom is 0.355 e. The van der Waals surface area contributed by atoms with E-state index in [4.69, 9.17) is 4.74 Å². The number of carbonyl (C=O) groups excluding carboxylic acids is 3. The first kappa shape index (κ1) is 21.3. The minimum absolute atomic E-state index is 0.0165. The molecule has 1 aliphatic rings. The van der Waals surface area contributed by atoms with Crippen molar-refractivity contribution in [3.8, 4) is 0 Å². The Labute approximate surface area is 157 Å². The largest absolute Gasteiger partial charge is 0.451 e. The number of anilines is 1. The van der Waals surface area contributed by atoms with E-state index in [1.807, 2.05) is 6.92 Å². The van der Waals surface area contributed by atoms with E-state index in [0.717, 1.165) is 0 Å². The van der Waals surface area contributed by atoms with Crippen LogP contribution in [0.25, 0.3) is 0 Å². The van der Waals surface area contributed by atoms with E-state index in [1.54, 1.807) is 6.92 Å². The third-order valence-corrected chi connectivity index (χ3v) is 3.92. The van der Waals surface area contributed by atoms with Crippen LogP contribution in [0.15, 0.2) is 11.2 Å². The average Bonchev–Trinajstić information content (AvgIpc) is 2.66. The molecular weight excluding hydrogens is 386 g/mol. The molecule has 0 fully saturated rings. The summed E-state index contributed by atoms with van der Waals surface area (Å²) in [4.78, 5) is 35.6. The summed E-state index contributed by atoms with van der Waals surface area (Å²) in [5.41, 5.74) is -1.80. The molecule has 1 heterocycles. The van der Waals surface area contributed by atoms with E-state index in [1.165, 1.54) is 0 Å². The van der Waals surface area contributed by atoms with Gasteiger partial charge >= 0.3 is 5.97 Å². The molecule has 1 aromatic rings. The SMILES string of the molecule is CC[C@H](C)NC(=O)COC(=O)C1=NN(c2c(F)c(F)cc(F)c2F)C(=O)CC1. The Morgan fingerprint density at radius 1 is 1.21 bits per heavy atom. The van der Waals surface area contributed by atoms with Crippen LogP contribution in [0, 0.1) is 23.3 Å². The van der Waals surface area contributed by atoms with Gasteiger partial charge in [-0.1, -0.05) is 6.92 Å². The Kier molecular flexibility index (Phi) is 6.71. The van der Waals surface area contributed by atoms with Crippen LogP contribution >= 0.6 is 0 Å². The first-order chi connectivity index (χ1) is 13.1. The zero-order chi connectivity index (χ0) is 21.0. The maximum absolute atomic E-state index is 13.9. The Morgan fingerprint density at radius 2 is 1.82 bits per heavy atom. The highest BCUT2D eigenvalue weighted by Gasteiger charge is 2.33. The number of hydrogen-bond donors (Lipinski definition) is 1. The zero-order valence-corrected chi connectivity index (χ0v) is 15.0. The van der Waals surface area contributed by atoms with Crippen LogP contribution in [0.4, 0.5) is 23.2 Å². The monoisotopic (exact) mass is 403 g/mol. The fourth-order valence-corrected chi connectivity index (χ4v) is 2.25. The molecule has 0 saturated carbocycles. The molecule has 2 rings (SSSR count). The topological polar surface area (TPSA) is 88.1 Å². The lowest BCUT2D eigenvalue weighted by molar-refractivity contribution is -0.142. The Morgan fingerprint density at radius 3 is 2.39 bits per heavy atom. The van der Waals surface area contributed by atoms with Gasteiger partial charge in [0.2, 0.25) is 5.91 Å². The van der Waals surface area contributed by atoms with Gasteiger partial charge in [0.15, 0.2) is 29.9 Å². The molecule has 1 aliphatic heterocycles. The van der Waals surface area contributed by atoms with Crippen LogP contribution in [-0.2, 0) is 19.1 Å². The van der Waals surface area contributed by atoms with Crippen LogP contribution in [-0.4, -0.2) is 36.1 Å². The summed E-state index contributed by atoms with van der Waals surface area (Å²) in [6, 6.07) is -0.155. The number of amides is 2. The van der Waals surface area contributed by atoms with E-state index < -0.39 is 65.5 Å². The molecule has 11 heteroatoms. The first-order valence-electron chi connectivity index (χ1n) is 8.35. The summed E-state index contributed by atoms with van der Waals surface area (Å²) >= 11 is 0. The first-order valence-corrected chi connectivity index (χ1v) is 8.35. The Hall–Kier alpha value is -2.98. The zero-order valence-electron chi connectivity index (χ0n) is 15.0. The molecule has 0 bridgehead atoms. The summed E-state index contributed by atoms with van der Waals surface area (Å²) in [5, 5.41) is 6.11. The summed E-state index contributed by atoms with van der Waals surface area (Å²) < 4.78 is 59.4. The van der Waals surface area contributed by atoms with E-state index in [9.17, 15) is 31.9 Å². The van der Waals surface area contributed by atoms with Gasteiger partial charge in [-0.05, 0) is 13.3 Å². The molecule has 1 N–H and O–H groups in total. The Balaban J connectivity index is 2.21. The molecule has 28 heavy (non-hydrogen) atoms. The molecule has 0 saturated heterocycles. The maximum atomic E-state index is 13.9. The van der Waals surface area contributed by atoms with Crippen molar-refractivity contribution in [1.82, 2.24) is 5.32 Å². The lowest BCUT2D eigenvalue weighted by Gasteiger charge is -2.23. The lowest BCUT2D eigenvalue weighted by atomic mass is 10.1. The minimum atomic E-state index is -1.83. The fraction of sp³-hybridized carbons (Fsp3) is 0.412. The third-order valence-electron chi connectivity index (χ3n) is 3.92. The van der Waals surface area contributed by atoms with Gasteiger partial charge in [-0.2, -0.15) is 10.1 Å². The number of esters is 1. The smallest absolute Gasteiger partial charge is 0.355 e. The van der Waals surface area contributed by atoms with Crippen molar-refractivity contribution >= 4 is 29.2 Å². The summed E-state index contributed by atoms with van der Waals surface area (Å²) in [5.74, 6) is -9.78. The molecule has 0 aliphatic carbocycles.